The predicted molar refractivity (Wildman–Crippen MR) is 87.4 cm³/mol. The highest BCUT2D eigenvalue weighted by atomic mass is 19.4. The highest BCUT2D eigenvalue weighted by molar-refractivity contribution is 5.95. The van der Waals surface area contributed by atoms with E-state index in [1.165, 1.54) is 0 Å². The molecule has 1 aromatic carbocycles. The van der Waals surface area contributed by atoms with Gasteiger partial charge in [-0.05, 0) is 24.3 Å². The van der Waals surface area contributed by atoms with E-state index in [4.69, 9.17) is 0 Å². The van der Waals surface area contributed by atoms with Gasteiger partial charge in [-0.1, -0.05) is 12.1 Å². The molecule has 0 saturated heterocycles. The van der Waals surface area contributed by atoms with Gasteiger partial charge in [-0.15, -0.1) is 0 Å². The summed E-state index contributed by atoms with van der Waals surface area (Å²) in [6.45, 7) is 1.26. The van der Waals surface area contributed by atoms with Gasteiger partial charge in [0.2, 0.25) is 5.62 Å². The van der Waals surface area contributed by atoms with Crippen LogP contribution in [0, 0.1) is 0 Å². The first-order chi connectivity index (χ1) is 12.4. The van der Waals surface area contributed by atoms with Crippen LogP contribution in [-0.4, -0.2) is 27.0 Å². The molecule has 0 fully saturated rings. The van der Waals surface area contributed by atoms with Crippen LogP contribution in [0.5, 0.6) is 0 Å². The Balaban J connectivity index is 1.78. The van der Waals surface area contributed by atoms with E-state index in [0.717, 1.165) is 29.5 Å². The third kappa shape index (κ3) is 2.81. The minimum Gasteiger partial charge on any atom is -0.369 e. The molecule has 1 N–H and O–H groups in total. The maximum Gasteiger partial charge on any atom is 0.433 e. The van der Waals surface area contributed by atoms with Gasteiger partial charge in [0.15, 0.2) is 0 Å². The molecule has 0 unspecified atom stereocenters. The van der Waals surface area contributed by atoms with Crippen molar-refractivity contribution in [3.63, 3.8) is 0 Å². The molecule has 0 bridgehead atoms. The monoisotopic (exact) mass is 359 g/mol. The Kier molecular flexibility index (Phi) is 3.71. The first-order valence-corrected chi connectivity index (χ1v) is 7.79. The van der Waals surface area contributed by atoms with E-state index in [1.807, 2.05) is 18.2 Å². The van der Waals surface area contributed by atoms with Gasteiger partial charge in [-0.2, -0.15) is 18.2 Å². The quantitative estimate of drug-likeness (QED) is 0.725. The fourth-order valence-corrected chi connectivity index (χ4v) is 2.80. The average molecular weight is 359 g/mol. The van der Waals surface area contributed by atoms with Crippen LogP contribution in [0.3, 0.4) is 0 Å². The smallest absolute Gasteiger partial charge is 0.369 e. The molecule has 9 heteroatoms. The van der Waals surface area contributed by atoms with Crippen LogP contribution in [0.4, 0.5) is 19.0 Å². The van der Waals surface area contributed by atoms with Crippen molar-refractivity contribution in [2.75, 3.05) is 11.9 Å². The van der Waals surface area contributed by atoms with Crippen molar-refractivity contribution in [2.45, 2.75) is 12.7 Å². The Morgan fingerprint density at radius 2 is 2.00 bits per heavy atom. The Morgan fingerprint density at radius 1 is 1.19 bits per heavy atom. The third-order valence-electron chi connectivity index (χ3n) is 4.02. The number of carbonyl (C=O) groups excluding carboxylic acids is 1. The fourth-order valence-electron chi connectivity index (χ4n) is 2.80. The van der Waals surface area contributed by atoms with Gasteiger partial charge >= 0.3 is 6.18 Å². The van der Waals surface area contributed by atoms with Crippen molar-refractivity contribution in [2.24, 2.45) is 4.99 Å². The molecule has 26 heavy (non-hydrogen) atoms. The number of alkyl halides is 3. The zero-order chi connectivity index (χ0) is 18.3. The van der Waals surface area contributed by atoms with Crippen LogP contribution in [-0.2, 0) is 12.7 Å². The summed E-state index contributed by atoms with van der Waals surface area (Å²) in [5, 5.41) is 4.14. The first kappa shape index (κ1) is 16.2. The summed E-state index contributed by atoms with van der Waals surface area (Å²) in [7, 11) is 0. The van der Waals surface area contributed by atoms with Crippen molar-refractivity contribution in [1.29, 1.82) is 0 Å². The molecule has 1 aliphatic heterocycles. The van der Waals surface area contributed by atoms with Crippen molar-refractivity contribution in [1.82, 2.24) is 14.5 Å². The van der Waals surface area contributed by atoms with Crippen LogP contribution in [0.1, 0.15) is 16.1 Å². The number of aromatic nitrogens is 3. The standard InChI is InChI=1S/C17H12F3N5O/c18-17(19,20)13-6-5-10(9-22-13)15(26)24-16-23-12-4-2-1-3-11(12)14-21-7-8-25(14)16/h1-6,9,21H,7-8H2. The molecule has 0 aliphatic carbocycles. The molecule has 6 nitrogen and oxygen atoms in total. The number of hydrogen-bond donors (Lipinski definition) is 1. The molecule has 0 spiro atoms. The third-order valence-corrected chi connectivity index (χ3v) is 4.02. The van der Waals surface area contributed by atoms with Gasteiger partial charge in [-0.3, -0.25) is 14.3 Å². The molecule has 3 heterocycles. The SMILES string of the molecule is O=C(N=c1nc2ccccc2c2n1CCN2)c1ccc(C(F)(F)F)nc1. The van der Waals surface area contributed by atoms with E-state index >= 15 is 0 Å². The molecule has 1 aliphatic rings. The summed E-state index contributed by atoms with van der Waals surface area (Å²) in [5.74, 6) is 0.114. The van der Waals surface area contributed by atoms with Crippen molar-refractivity contribution in [3.8, 4) is 0 Å². The average Bonchev–Trinajstić information content (AvgIpc) is 3.11. The molecule has 3 aromatic rings. The highest BCUT2D eigenvalue weighted by Gasteiger charge is 2.32. The summed E-state index contributed by atoms with van der Waals surface area (Å²) >= 11 is 0. The second-order valence-corrected chi connectivity index (χ2v) is 5.70. The molecular weight excluding hydrogens is 347 g/mol. The van der Waals surface area contributed by atoms with Crippen LogP contribution >= 0.6 is 0 Å². The number of rotatable bonds is 1. The fraction of sp³-hybridized carbons (Fsp3) is 0.176. The van der Waals surface area contributed by atoms with Crippen molar-refractivity contribution in [3.05, 3.63) is 59.5 Å². The van der Waals surface area contributed by atoms with E-state index in [1.54, 1.807) is 10.6 Å². The second-order valence-electron chi connectivity index (χ2n) is 5.70. The summed E-state index contributed by atoms with van der Waals surface area (Å²) < 4.78 is 39.5. The number of anilines is 1. The molecule has 0 atom stereocenters. The number of hydrogen-bond acceptors (Lipinski definition) is 4. The van der Waals surface area contributed by atoms with E-state index < -0.39 is 17.8 Å². The topological polar surface area (TPSA) is 72.2 Å². The van der Waals surface area contributed by atoms with Crippen LogP contribution in [0.15, 0.2) is 47.6 Å². The maximum absolute atomic E-state index is 12.6. The molecule has 132 valence electrons. The maximum atomic E-state index is 12.6. The lowest BCUT2D eigenvalue weighted by Crippen LogP contribution is -2.24. The number of fused-ring (bicyclic) bond motifs is 3. The molecule has 1 amide bonds. The van der Waals surface area contributed by atoms with Gasteiger partial charge in [0.05, 0.1) is 11.1 Å². The first-order valence-electron chi connectivity index (χ1n) is 7.79. The Bertz CT molecular complexity index is 1070. The number of amides is 1. The molecule has 0 radical (unpaired) electrons. The van der Waals surface area contributed by atoms with Gasteiger partial charge in [0, 0.05) is 24.7 Å². The van der Waals surface area contributed by atoms with Crippen LogP contribution < -0.4 is 10.9 Å². The number of nitrogens with zero attached hydrogens (tertiary/aromatic N) is 4. The number of nitrogens with one attached hydrogen (secondary N) is 1. The van der Waals surface area contributed by atoms with Crippen molar-refractivity contribution >= 4 is 22.6 Å². The lowest BCUT2D eigenvalue weighted by Gasteiger charge is -2.08. The zero-order valence-electron chi connectivity index (χ0n) is 13.3. The minimum absolute atomic E-state index is 0.0340. The summed E-state index contributed by atoms with van der Waals surface area (Å²) in [5.41, 5.74) is -0.218. The lowest BCUT2D eigenvalue weighted by atomic mass is 10.2. The van der Waals surface area contributed by atoms with Crippen LogP contribution in [0.2, 0.25) is 0 Å². The Morgan fingerprint density at radius 3 is 2.73 bits per heavy atom. The van der Waals surface area contributed by atoms with Gasteiger partial charge in [0.1, 0.15) is 11.5 Å². The summed E-state index contributed by atoms with van der Waals surface area (Å²) in [6.07, 6.45) is -3.68. The van der Waals surface area contributed by atoms with Gasteiger partial charge < -0.3 is 5.32 Å². The minimum atomic E-state index is -4.55. The van der Waals surface area contributed by atoms with Crippen LogP contribution in [0.25, 0.3) is 10.9 Å². The largest absolute Gasteiger partial charge is 0.433 e. The van der Waals surface area contributed by atoms with Crippen molar-refractivity contribution < 1.29 is 18.0 Å². The summed E-state index contributed by atoms with van der Waals surface area (Å²) in [4.78, 5) is 24.0. The Labute approximate surface area is 145 Å². The van der Waals surface area contributed by atoms with E-state index in [2.05, 4.69) is 20.3 Å². The zero-order valence-corrected chi connectivity index (χ0v) is 13.3. The van der Waals surface area contributed by atoms with E-state index in [0.29, 0.717) is 18.6 Å². The predicted octanol–water partition coefficient (Wildman–Crippen LogP) is 2.62. The molecule has 0 saturated carbocycles. The lowest BCUT2D eigenvalue weighted by molar-refractivity contribution is -0.141. The van der Waals surface area contributed by atoms with E-state index in [-0.39, 0.29) is 11.2 Å². The number of halogens is 3. The number of benzene rings is 1. The number of pyridine rings is 1. The Hall–Kier alpha value is -3.23. The normalized spacial score (nSPS) is 14.3. The molecule has 4 rings (SSSR count). The highest BCUT2D eigenvalue weighted by Crippen LogP contribution is 2.27. The van der Waals surface area contributed by atoms with Gasteiger partial charge in [-0.25, -0.2) is 4.98 Å². The van der Waals surface area contributed by atoms with Gasteiger partial charge in [0.25, 0.3) is 5.91 Å². The molecular formula is C17H12F3N5O. The summed E-state index contributed by atoms with van der Waals surface area (Å²) in [6, 6.07) is 9.26. The molecule has 2 aromatic heterocycles. The second kappa shape index (κ2) is 5.94. The number of para-hydroxylation sites is 1. The van der Waals surface area contributed by atoms with E-state index in [9.17, 15) is 18.0 Å². The number of carbonyl (C=O) groups is 1.